The number of nitrogens with one attached hydrogen (secondary N) is 2. The molecule has 0 unspecified atom stereocenters. The number of benzene rings is 2. The summed E-state index contributed by atoms with van der Waals surface area (Å²) in [5.41, 5.74) is 2.68. The average Bonchev–Trinajstić information content (AvgIpc) is 2.92. The number of H-pyrrole nitrogens is 1. The third-order valence-corrected chi connectivity index (χ3v) is 3.23. The van der Waals surface area contributed by atoms with Gasteiger partial charge < -0.3 is 10.3 Å². The van der Waals surface area contributed by atoms with Crippen molar-refractivity contribution in [3.05, 3.63) is 65.6 Å². The van der Waals surface area contributed by atoms with Gasteiger partial charge in [0.25, 0.3) is 0 Å². The topological polar surface area (TPSA) is 51.6 Å². The summed E-state index contributed by atoms with van der Waals surface area (Å²) in [4.78, 5) is 3.15. The zero-order valence-electron chi connectivity index (χ0n) is 10.7. The number of fused-ring (bicyclic) bond motifs is 1. The standard InChI is InChI=1S/C16H12FN3/c17-14-2-1-3-15(13(14)9-18)20-10-11-4-5-12-6-7-19-16(12)8-11/h1-8,19-20H,10H2. The molecule has 0 radical (unpaired) electrons. The molecule has 3 nitrogen and oxygen atoms in total. The Hall–Kier alpha value is -2.80. The number of nitriles is 1. The summed E-state index contributed by atoms with van der Waals surface area (Å²) in [6.07, 6.45) is 1.89. The van der Waals surface area contributed by atoms with E-state index in [-0.39, 0.29) is 5.56 Å². The molecule has 0 saturated heterocycles. The first-order chi connectivity index (χ1) is 9.78. The second kappa shape index (κ2) is 5.06. The van der Waals surface area contributed by atoms with E-state index in [1.54, 1.807) is 12.1 Å². The lowest BCUT2D eigenvalue weighted by Crippen LogP contribution is -2.02. The third kappa shape index (κ3) is 2.21. The quantitative estimate of drug-likeness (QED) is 0.757. The fourth-order valence-corrected chi connectivity index (χ4v) is 2.19. The molecule has 1 aromatic heterocycles. The second-order valence-electron chi connectivity index (χ2n) is 4.53. The molecule has 0 saturated carbocycles. The predicted octanol–water partition coefficient (Wildman–Crippen LogP) is 3.79. The highest BCUT2D eigenvalue weighted by Gasteiger charge is 2.07. The van der Waals surface area contributed by atoms with Crippen LogP contribution in [0.2, 0.25) is 0 Å². The molecule has 0 aliphatic heterocycles. The lowest BCUT2D eigenvalue weighted by atomic mass is 10.1. The molecule has 3 aromatic rings. The number of hydrogen-bond acceptors (Lipinski definition) is 2. The maximum absolute atomic E-state index is 13.5. The van der Waals surface area contributed by atoms with E-state index < -0.39 is 5.82 Å². The van der Waals surface area contributed by atoms with E-state index in [1.807, 2.05) is 36.5 Å². The van der Waals surface area contributed by atoms with E-state index in [0.29, 0.717) is 12.2 Å². The molecular weight excluding hydrogens is 253 g/mol. The number of anilines is 1. The lowest BCUT2D eigenvalue weighted by Gasteiger charge is -2.09. The van der Waals surface area contributed by atoms with Gasteiger partial charge in [-0.25, -0.2) is 4.39 Å². The van der Waals surface area contributed by atoms with Gasteiger partial charge in [0.2, 0.25) is 0 Å². The van der Waals surface area contributed by atoms with Crippen LogP contribution in [0.15, 0.2) is 48.7 Å². The van der Waals surface area contributed by atoms with Crippen LogP contribution >= 0.6 is 0 Å². The van der Waals surface area contributed by atoms with Gasteiger partial charge in [0.05, 0.1) is 5.69 Å². The van der Waals surface area contributed by atoms with E-state index in [1.165, 1.54) is 6.07 Å². The summed E-state index contributed by atoms with van der Waals surface area (Å²) in [5.74, 6) is -0.502. The number of aromatic nitrogens is 1. The van der Waals surface area contributed by atoms with Gasteiger partial charge in [-0.2, -0.15) is 5.26 Å². The van der Waals surface area contributed by atoms with Crippen molar-refractivity contribution in [1.29, 1.82) is 5.26 Å². The Morgan fingerprint density at radius 3 is 2.95 bits per heavy atom. The van der Waals surface area contributed by atoms with Gasteiger partial charge in [-0.3, -0.25) is 0 Å². The van der Waals surface area contributed by atoms with Gasteiger partial charge in [0.15, 0.2) is 0 Å². The van der Waals surface area contributed by atoms with Crippen molar-refractivity contribution >= 4 is 16.6 Å². The summed E-state index contributed by atoms with van der Waals surface area (Å²) in [7, 11) is 0. The van der Waals surface area contributed by atoms with E-state index in [9.17, 15) is 4.39 Å². The van der Waals surface area contributed by atoms with Gasteiger partial charge in [-0.1, -0.05) is 18.2 Å². The Labute approximate surface area is 115 Å². The first-order valence-electron chi connectivity index (χ1n) is 6.26. The minimum Gasteiger partial charge on any atom is -0.380 e. The molecule has 0 aliphatic carbocycles. The predicted molar refractivity (Wildman–Crippen MR) is 76.7 cm³/mol. The van der Waals surface area contributed by atoms with Crippen molar-refractivity contribution < 1.29 is 4.39 Å². The Balaban J connectivity index is 1.83. The summed E-state index contributed by atoms with van der Waals surface area (Å²) in [5, 5.41) is 13.2. The monoisotopic (exact) mass is 265 g/mol. The van der Waals surface area contributed by atoms with Gasteiger partial charge >= 0.3 is 0 Å². The first-order valence-corrected chi connectivity index (χ1v) is 6.26. The second-order valence-corrected chi connectivity index (χ2v) is 4.53. The molecule has 0 amide bonds. The molecule has 0 bridgehead atoms. The largest absolute Gasteiger partial charge is 0.380 e. The molecule has 1 heterocycles. The van der Waals surface area contributed by atoms with Crippen molar-refractivity contribution in [1.82, 2.24) is 4.98 Å². The highest BCUT2D eigenvalue weighted by molar-refractivity contribution is 5.79. The molecule has 2 aromatic carbocycles. The third-order valence-electron chi connectivity index (χ3n) is 3.23. The fourth-order valence-electron chi connectivity index (χ4n) is 2.19. The van der Waals surface area contributed by atoms with Crippen LogP contribution in [0.1, 0.15) is 11.1 Å². The van der Waals surface area contributed by atoms with Crippen molar-refractivity contribution in [2.24, 2.45) is 0 Å². The van der Waals surface area contributed by atoms with Crippen molar-refractivity contribution in [3.8, 4) is 6.07 Å². The molecule has 3 rings (SSSR count). The van der Waals surface area contributed by atoms with Crippen molar-refractivity contribution in [2.75, 3.05) is 5.32 Å². The minimum atomic E-state index is -0.502. The maximum Gasteiger partial charge on any atom is 0.143 e. The maximum atomic E-state index is 13.5. The van der Waals surface area contributed by atoms with Crippen LogP contribution in [0.4, 0.5) is 10.1 Å². The lowest BCUT2D eigenvalue weighted by molar-refractivity contribution is 0.624. The summed E-state index contributed by atoms with van der Waals surface area (Å²) in [6, 6.07) is 14.5. The molecule has 2 N–H and O–H groups in total. The molecule has 98 valence electrons. The molecule has 0 spiro atoms. The molecule has 20 heavy (non-hydrogen) atoms. The van der Waals surface area contributed by atoms with Crippen LogP contribution in [0.25, 0.3) is 10.9 Å². The number of hydrogen-bond donors (Lipinski definition) is 2. The zero-order chi connectivity index (χ0) is 13.9. The Morgan fingerprint density at radius 2 is 2.10 bits per heavy atom. The number of nitrogens with zero attached hydrogens (tertiary/aromatic N) is 1. The highest BCUT2D eigenvalue weighted by Crippen LogP contribution is 2.20. The first kappa shape index (κ1) is 12.2. The van der Waals surface area contributed by atoms with Crippen LogP contribution in [0.3, 0.4) is 0 Å². The highest BCUT2D eigenvalue weighted by atomic mass is 19.1. The van der Waals surface area contributed by atoms with E-state index in [4.69, 9.17) is 5.26 Å². The van der Waals surface area contributed by atoms with Gasteiger partial charge in [0, 0.05) is 18.3 Å². The smallest absolute Gasteiger partial charge is 0.143 e. The number of rotatable bonds is 3. The molecule has 0 fully saturated rings. The van der Waals surface area contributed by atoms with Gasteiger partial charge in [0.1, 0.15) is 17.4 Å². The SMILES string of the molecule is N#Cc1c(F)cccc1NCc1ccc2cc[nH]c2c1. The van der Waals surface area contributed by atoms with Gasteiger partial charge in [-0.05, 0) is 35.2 Å². The summed E-state index contributed by atoms with van der Waals surface area (Å²) in [6.45, 7) is 0.535. The normalized spacial score (nSPS) is 10.4. The Morgan fingerprint density at radius 1 is 1.20 bits per heavy atom. The van der Waals surface area contributed by atoms with Crippen LogP contribution in [-0.4, -0.2) is 4.98 Å². The zero-order valence-corrected chi connectivity index (χ0v) is 10.7. The van der Waals surface area contributed by atoms with Crippen molar-refractivity contribution in [3.63, 3.8) is 0 Å². The van der Waals surface area contributed by atoms with Gasteiger partial charge in [-0.15, -0.1) is 0 Å². The molecule has 0 atom stereocenters. The van der Waals surface area contributed by atoms with Crippen molar-refractivity contribution in [2.45, 2.75) is 6.54 Å². The number of halogens is 1. The van der Waals surface area contributed by atoms with E-state index in [0.717, 1.165) is 16.5 Å². The molecule has 4 heteroatoms. The van der Waals surface area contributed by atoms with E-state index in [2.05, 4.69) is 10.3 Å². The Bertz CT molecular complexity index is 799. The minimum absolute atomic E-state index is 0.0495. The molecule has 0 aliphatic rings. The summed E-state index contributed by atoms with van der Waals surface area (Å²) >= 11 is 0. The summed E-state index contributed by atoms with van der Waals surface area (Å²) < 4.78 is 13.5. The number of aromatic amines is 1. The Kier molecular flexibility index (Phi) is 3.10. The van der Waals surface area contributed by atoms with Crippen LogP contribution in [-0.2, 0) is 6.54 Å². The van der Waals surface area contributed by atoms with Crippen LogP contribution in [0.5, 0.6) is 0 Å². The van der Waals surface area contributed by atoms with E-state index >= 15 is 0 Å². The fraction of sp³-hybridized carbons (Fsp3) is 0.0625. The molecular formula is C16H12FN3. The average molecular weight is 265 g/mol. The van der Waals surface area contributed by atoms with Crippen LogP contribution < -0.4 is 5.32 Å². The van der Waals surface area contributed by atoms with Crippen LogP contribution in [0, 0.1) is 17.1 Å².